The van der Waals surface area contributed by atoms with Crippen molar-refractivity contribution in [2.45, 2.75) is 26.3 Å². The molecule has 4 aromatic rings. The van der Waals surface area contributed by atoms with E-state index in [1.165, 1.54) is 23.5 Å². The fourth-order valence-electron chi connectivity index (χ4n) is 3.73. The summed E-state index contributed by atoms with van der Waals surface area (Å²) in [5, 5.41) is 6.47. The van der Waals surface area contributed by atoms with Crippen LogP contribution in [0.4, 0.5) is 4.39 Å². The van der Waals surface area contributed by atoms with Crippen LogP contribution in [0.3, 0.4) is 0 Å². The van der Waals surface area contributed by atoms with Gasteiger partial charge in [0.25, 0.3) is 5.91 Å². The Morgan fingerprint density at radius 2 is 1.88 bits per heavy atom. The van der Waals surface area contributed by atoms with E-state index in [1.54, 1.807) is 28.8 Å². The molecule has 2 aromatic carbocycles. The fourth-order valence-corrected chi connectivity index (χ4v) is 4.43. The zero-order chi connectivity index (χ0) is 23.4. The molecule has 0 radical (unpaired) electrons. The molecule has 170 valence electrons. The minimum absolute atomic E-state index is 0.0566. The number of thiophene rings is 1. The normalized spacial score (nSPS) is 11.9. The topological polar surface area (TPSA) is 60.2 Å². The van der Waals surface area contributed by atoms with Crippen LogP contribution in [0.2, 0.25) is 0 Å². The summed E-state index contributed by atoms with van der Waals surface area (Å²) < 4.78 is 20.3. The Hall–Kier alpha value is -3.52. The van der Waals surface area contributed by atoms with Gasteiger partial charge in [-0.2, -0.15) is 0 Å². The molecule has 0 spiro atoms. The summed E-state index contributed by atoms with van der Waals surface area (Å²) in [6.07, 6.45) is 0.694. The molecule has 0 bridgehead atoms. The SMILES string of the molecule is CCN(C(=O)c1nc(-c2cccs2)n(-c2ccc(F)cc2)n1)C(C)Cc1ccc(OC)cc1. The second-order valence-electron chi connectivity index (χ2n) is 7.62. The Balaban J connectivity index is 1.63. The Morgan fingerprint density at radius 3 is 2.48 bits per heavy atom. The van der Waals surface area contributed by atoms with E-state index in [9.17, 15) is 9.18 Å². The highest BCUT2D eigenvalue weighted by Crippen LogP contribution is 2.26. The highest BCUT2D eigenvalue weighted by atomic mass is 32.1. The number of hydrogen-bond donors (Lipinski definition) is 0. The summed E-state index contributed by atoms with van der Waals surface area (Å²) in [6, 6.07) is 17.6. The number of likely N-dealkylation sites (N-methyl/N-ethyl adjacent to an activating group) is 1. The van der Waals surface area contributed by atoms with E-state index in [0.717, 1.165) is 16.2 Å². The minimum Gasteiger partial charge on any atom is -0.497 e. The maximum atomic E-state index is 13.5. The van der Waals surface area contributed by atoms with Crippen LogP contribution < -0.4 is 4.74 Å². The quantitative estimate of drug-likeness (QED) is 0.358. The van der Waals surface area contributed by atoms with Crippen molar-refractivity contribution in [3.63, 3.8) is 0 Å². The van der Waals surface area contributed by atoms with Crippen LogP contribution in [0, 0.1) is 5.82 Å². The third kappa shape index (κ3) is 4.96. The number of carbonyl (C=O) groups is 1. The number of aromatic nitrogens is 3. The molecule has 1 amide bonds. The van der Waals surface area contributed by atoms with Crippen molar-refractivity contribution in [2.24, 2.45) is 0 Å². The Bertz CT molecular complexity index is 1200. The van der Waals surface area contributed by atoms with Gasteiger partial charge in [0.15, 0.2) is 5.82 Å². The molecule has 1 unspecified atom stereocenters. The maximum absolute atomic E-state index is 13.5. The molecule has 0 saturated carbocycles. The van der Waals surface area contributed by atoms with E-state index in [0.29, 0.717) is 24.5 Å². The maximum Gasteiger partial charge on any atom is 0.293 e. The van der Waals surface area contributed by atoms with E-state index in [-0.39, 0.29) is 23.6 Å². The first-order valence-corrected chi connectivity index (χ1v) is 11.6. The number of ether oxygens (including phenoxy) is 1. The first-order chi connectivity index (χ1) is 16.0. The fraction of sp³-hybridized carbons (Fsp3) is 0.240. The third-order valence-electron chi connectivity index (χ3n) is 5.43. The molecule has 0 fully saturated rings. The number of hydrogen-bond acceptors (Lipinski definition) is 5. The van der Waals surface area contributed by atoms with Gasteiger partial charge in [0, 0.05) is 12.6 Å². The summed E-state index contributed by atoms with van der Waals surface area (Å²) in [4.78, 5) is 20.7. The van der Waals surface area contributed by atoms with Crippen molar-refractivity contribution in [3.05, 3.63) is 83.2 Å². The van der Waals surface area contributed by atoms with Gasteiger partial charge in [-0.05, 0) is 73.7 Å². The average Bonchev–Trinajstić information content (AvgIpc) is 3.51. The van der Waals surface area contributed by atoms with Crippen LogP contribution in [0.5, 0.6) is 5.75 Å². The van der Waals surface area contributed by atoms with Gasteiger partial charge >= 0.3 is 0 Å². The second kappa shape index (κ2) is 9.95. The summed E-state index contributed by atoms with van der Waals surface area (Å²) in [5.74, 6) is 0.894. The predicted octanol–water partition coefficient (Wildman–Crippen LogP) is 5.24. The van der Waals surface area contributed by atoms with Crippen LogP contribution in [0.15, 0.2) is 66.0 Å². The third-order valence-corrected chi connectivity index (χ3v) is 6.30. The molecule has 0 aliphatic carbocycles. The summed E-state index contributed by atoms with van der Waals surface area (Å²) in [5.41, 5.74) is 1.75. The number of amides is 1. The van der Waals surface area contributed by atoms with Gasteiger partial charge in [0.1, 0.15) is 11.6 Å². The smallest absolute Gasteiger partial charge is 0.293 e. The van der Waals surface area contributed by atoms with Crippen LogP contribution >= 0.6 is 11.3 Å². The van der Waals surface area contributed by atoms with Crippen LogP contribution in [0.25, 0.3) is 16.4 Å². The van der Waals surface area contributed by atoms with Crippen LogP contribution in [-0.2, 0) is 6.42 Å². The van der Waals surface area contributed by atoms with E-state index in [1.807, 2.05) is 55.6 Å². The highest BCUT2D eigenvalue weighted by Gasteiger charge is 2.26. The lowest BCUT2D eigenvalue weighted by Gasteiger charge is -2.27. The highest BCUT2D eigenvalue weighted by molar-refractivity contribution is 7.13. The van der Waals surface area contributed by atoms with E-state index >= 15 is 0 Å². The van der Waals surface area contributed by atoms with Crippen molar-refractivity contribution >= 4 is 17.2 Å². The molecule has 2 heterocycles. The monoisotopic (exact) mass is 464 g/mol. The summed E-state index contributed by atoms with van der Waals surface area (Å²) >= 11 is 1.51. The number of nitrogens with zero attached hydrogens (tertiary/aromatic N) is 4. The molecule has 4 rings (SSSR count). The number of halogens is 1. The molecule has 2 aromatic heterocycles. The Labute approximate surface area is 196 Å². The van der Waals surface area contributed by atoms with E-state index in [4.69, 9.17) is 4.74 Å². The zero-order valence-electron chi connectivity index (χ0n) is 18.7. The lowest BCUT2D eigenvalue weighted by molar-refractivity contribution is 0.0691. The number of methoxy groups -OCH3 is 1. The number of carbonyl (C=O) groups excluding carboxylic acids is 1. The first kappa shape index (κ1) is 22.7. The first-order valence-electron chi connectivity index (χ1n) is 10.7. The lowest BCUT2D eigenvalue weighted by atomic mass is 10.1. The lowest BCUT2D eigenvalue weighted by Crippen LogP contribution is -2.40. The van der Waals surface area contributed by atoms with Gasteiger partial charge in [0.2, 0.25) is 5.82 Å². The molecular weight excluding hydrogens is 439 g/mol. The second-order valence-corrected chi connectivity index (χ2v) is 8.56. The van der Waals surface area contributed by atoms with Crippen molar-refractivity contribution in [1.29, 1.82) is 0 Å². The van der Waals surface area contributed by atoms with Crippen molar-refractivity contribution < 1.29 is 13.9 Å². The van der Waals surface area contributed by atoms with Gasteiger partial charge < -0.3 is 9.64 Å². The Kier molecular flexibility index (Phi) is 6.84. The molecule has 0 aliphatic rings. The van der Waals surface area contributed by atoms with Gasteiger partial charge in [-0.25, -0.2) is 14.1 Å². The molecule has 0 saturated heterocycles. The predicted molar refractivity (Wildman–Crippen MR) is 128 cm³/mol. The average molecular weight is 465 g/mol. The standard InChI is InChI=1S/C25H25FN4O2S/c1-4-29(17(2)16-18-7-13-21(32-3)14-8-18)25(31)23-27-24(22-6-5-15-33-22)30(28-23)20-11-9-19(26)10-12-20/h5-15,17H,4,16H2,1-3H3. The van der Waals surface area contributed by atoms with Crippen molar-refractivity contribution in [1.82, 2.24) is 19.7 Å². The van der Waals surface area contributed by atoms with E-state index < -0.39 is 0 Å². The molecule has 0 aliphatic heterocycles. The summed E-state index contributed by atoms with van der Waals surface area (Å²) in [7, 11) is 1.64. The summed E-state index contributed by atoms with van der Waals surface area (Å²) in [6.45, 7) is 4.48. The van der Waals surface area contributed by atoms with Crippen molar-refractivity contribution in [3.8, 4) is 22.1 Å². The number of benzene rings is 2. The van der Waals surface area contributed by atoms with Gasteiger partial charge in [-0.1, -0.05) is 18.2 Å². The number of rotatable bonds is 8. The van der Waals surface area contributed by atoms with Gasteiger partial charge in [-0.3, -0.25) is 4.79 Å². The largest absolute Gasteiger partial charge is 0.497 e. The molecular formula is C25H25FN4O2S. The minimum atomic E-state index is -0.336. The van der Waals surface area contributed by atoms with E-state index in [2.05, 4.69) is 10.1 Å². The molecule has 6 nitrogen and oxygen atoms in total. The van der Waals surface area contributed by atoms with Crippen LogP contribution in [0.1, 0.15) is 30.0 Å². The molecule has 33 heavy (non-hydrogen) atoms. The van der Waals surface area contributed by atoms with Gasteiger partial charge in [-0.15, -0.1) is 16.4 Å². The molecule has 8 heteroatoms. The Morgan fingerprint density at radius 1 is 1.15 bits per heavy atom. The molecule has 0 N–H and O–H groups in total. The van der Waals surface area contributed by atoms with Gasteiger partial charge in [0.05, 0.1) is 17.7 Å². The molecule has 1 atom stereocenters. The van der Waals surface area contributed by atoms with Crippen LogP contribution in [-0.4, -0.2) is 45.3 Å². The van der Waals surface area contributed by atoms with Crippen molar-refractivity contribution in [2.75, 3.05) is 13.7 Å². The zero-order valence-corrected chi connectivity index (χ0v) is 19.6.